The molecule has 0 saturated heterocycles. The lowest BCUT2D eigenvalue weighted by Crippen LogP contribution is -2.04. The van der Waals surface area contributed by atoms with E-state index in [1.54, 1.807) is 11.8 Å². The summed E-state index contributed by atoms with van der Waals surface area (Å²) in [5.74, 6) is 2.69. The van der Waals surface area contributed by atoms with E-state index in [1.165, 1.54) is 4.90 Å². The maximum atomic E-state index is 5.73. The summed E-state index contributed by atoms with van der Waals surface area (Å²) in [4.78, 5) is 1.23. The van der Waals surface area contributed by atoms with Gasteiger partial charge >= 0.3 is 0 Å². The maximum absolute atomic E-state index is 5.73. The van der Waals surface area contributed by atoms with Crippen LogP contribution in [0.2, 0.25) is 0 Å². The molecule has 4 heteroatoms. The molecule has 0 saturated carbocycles. The molecule has 0 unspecified atom stereocenters. The van der Waals surface area contributed by atoms with Gasteiger partial charge in [0.25, 0.3) is 0 Å². The molecule has 0 aliphatic rings. The number of ether oxygens (including phenoxy) is 1. The van der Waals surface area contributed by atoms with Crippen LogP contribution >= 0.6 is 11.8 Å². The first-order chi connectivity index (χ1) is 9.22. The molecule has 102 valence electrons. The van der Waals surface area contributed by atoms with Crippen LogP contribution < -0.4 is 10.1 Å². The van der Waals surface area contributed by atoms with Crippen molar-refractivity contribution in [2.45, 2.75) is 25.0 Å². The Balaban J connectivity index is 1.95. The number of aryl methyl sites for hydroxylation is 1. The average molecular weight is 277 g/mol. The van der Waals surface area contributed by atoms with Gasteiger partial charge in [0.15, 0.2) is 0 Å². The Morgan fingerprint density at radius 2 is 2.00 bits per heavy atom. The Hall–Kier alpha value is -1.39. The quantitative estimate of drug-likeness (QED) is 0.818. The summed E-state index contributed by atoms with van der Waals surface area (Å²) >= 11 is 1.72. The Morgan fingerprint density at radius 3 is 2.63 bits per heavy atom. The molecule has 0 spiro atoms. The van der Waals surface area contributed by atoms with Gasteiger partial charge < -0.3 is 14.5 Å². The van der Waals surface area contributed by atoms with E-state index >= 15 is 0 Å². The van der Waals surface area contributed by atoms with Crippen molar-refractivity contribution in [3.63, 3.8) is 0 Å². The highest BCUT2D eigenvalue weighted by atomic mass is 32.2. The van der Waals surface area contributed by atoms with Crippen LogP contribution in [0.1, 0.15) is 17.1 Å². The van der Waals surface area contributed by atoms with Crippen LogP contribution in [0, 0.1) is 6.92 Å². The van der Waals surface area contributed by atoms with Gasteiger partial charge in [0.2, 0.25) is 0 Å². The zero-order valence-corrected chi connectivity index (χ0v) is 12.3. The van der Waals surface area contributed by atoms with Crippen LogP contribution in [0.15, 0.2) is 39.6 Å². The van der Waals surface area contributed by atoms with E-state index < -0.39 is 0 Å². The number of hydrogen-bond donors (Lipinski definition) is 1. The molecule has 0 bridgehead atoms. The van der Waals surface area contributed by atoms with Crippen molar-refractivity contribution in [3.8, 4) is 5.75 Å². The molecule has 1 N–H and O–H groups in total. The molecule has 0 atom stereocenters. The molecule has 2 rings (SSSR count). The van der Waals surface area contributed by atoms with Crippen molar-refractivity contribution < 1.29 is 9.15 Å². The molecule has 3 nitrogen and oxygen atoms in total. The van der Waals surface area contributed by atoms with E-state index in [2.05, 4.69) is 23.7 Å². The molecule has 19 heavy (non-hydrogen) atoms. The van der Waals surface area contributed by atoms with E-state index in [9.17, 15) is 0 Å². The summed E-state index contributed by atoms with van der Waals surface area (Å²) in [5.41, 5.74) is 1.16. The van der Waals surface area contributed by atoms with Crippen molar-refractivity contribution in [2.24, 2.45) is 0 Å². The minimum Gasteiger partial charge on any atom is -0.486 e. The van der Waals surface area contributed by atoms with Crippen LogP contribution in [-0.2, 0) is 13.2 Å². The zero-order chi connectivity index (χ0) is 13.7. The fourth-order valence-electron chi connectivity index (χ4n) is 1.82. The van der Waals surface area contributed by atoms with Crippen LogP contribution in [0.5, 0.6) is 5.75 Å². The normalized spacial score (nSPS) is 10.7. The minimum atomic E-state index is 0.461. The fourth-order valence-corrected chi connectivity index (χ4v) is 2.23. The zero-order valence-electron chi connectivity index (χ0n) is 11.5. The number of hydrogen-bond acceptors (Lipinski definition) is 4. The molecule has 0 aliphatic carbocycles. The van der Waals surface area contributed by atoms with Gasteiger partial charge in [-0.25, -0.2) is 0 Å². The van der Waals surface area contributed by atoms with Crippen molar-refractivity contribution in [1.29, 1.82) is 0 Å². The first-order valence-electron chi connectivity index (χ1n) is 6.22. The van der Waals surface area contributed by atoms with E-state index in [0.717, 1.165) is 29.4 Å². The SMILES string of the molecule is CNCc1oc(COc2ccc(SC)cc2)cc1C. The molecule has 0 aliphatic heterocycles. The Bertz CT molecular complexity index is 519. The molecule has 0 amide bonds. The molecule has 1 aromatic heterocycles. The number of furan rings is 1. The second kappa shape index (κ2) is 6.68. The van der Waals surface area contributed by atoms with Crippen molar-refractivity contribution in [3.05, 3.63) is 47.4 Å². The van der Waals surface area contributed by atoms with Gasteiger partial charge in [-0.1, -0.05) is 0 Å². The summed E-state index contributed by atoms with van der Waals surface area (Å²) in [7, 11) is 1.91. The van der Waals surface area contributed by atoms with Gasteiger partial charge in [-0.3, -0.25) is 0 Å². The highest BCUT2D eigenvalue weighted by Crippen LogP contribution is 2.21. The van der Waals surface area contributed by atoms with E-state index in [0.29, 0.717) is 6.61 Å². The van der Waals surface area contributed by atoms with Gasteiger partial charge in [-0.2, -0.15) is 0 Å². The second-order valence-corrected chi connectivity index (χ2v) is 5.19. The summed E-state index contributed by atoms with van der Waals surface area (Å²) < 4.78 is 11.4. The molecular weight excluding hydrogens is 258 g/mol. The molecule has 0 fully saturated rings. The smallest absolute Gasteiger partial charge is 0.146 e. The topological polar surface area (TPSA) is 34.4 Å². The first-order valence-corrected chi connectivity index (χ1v) is 7.45. The van der Waals surface area contributed by atoms with Crippen molar-refractivity contribution in [2.75, 3.05) is 13.3 Å². The molecule has 2 aromatic rings. The summed E-state index contributed by atoms with van der Waals surface area (Å²) in [6.45, 7) is 3.25. The van der Waals surface area contributed by atoms with Gasteiger partial charge in [-0.15, -0.1) is 11.8 Å². The van der Waals surface area contributed by atoms with Crippen molar-refractivity contribution in [1.82, 2.24) is 5.32 Å². The lowest BCUT2D eigenvalue weighted by atomic mass is 10.2. The van der Waals surface area contributed by atoms with E-state index in [-0.39, 0.29) is 0 Å². The fraction of sp³-hybridized carbons (Fsp3) is 0.333. The van der Waals surface area contributed by atoms with E-state index in [4.69, 9.17) is 9.15 Å². The number of thioether (sulfide) groups is 1. The van der Waals surface area contributed by atoms with Crippen LogP contribution in [-0.4, -0.2) is 13.3 Å². The van der Waals surface area contributed by atoms with Gasteiger partial charge in [-0.05, 0) is 56.1 Å². The average Bonchev–Trinajstić information content (AvgIpc) is 2.78. The predicted molar refractivity (Wildman–Crippen MR) is 78.8 cm³/mol. The largest absolute Gasteiger partial charge is 0.486 e. The molecule has 1 heterocycles. The third-order valence-corrected chi connectivity index (χ3v) is 3.59. The Morgan fingerprint density at radius 1 is 1.26 bits per heavy atom. The molecule has 1 aromatic carbocycles. The van der Waals surface area contributed by atoms with Crippen LogP contribution in [0.3, 0.4) is 0 Å². The van der Waals surface area contributed by atoms with Gasteiger partial charge in [0.05, 0.1) is 6.54 Å². The standard InChI is InChI=1S/C15H19NO2S/c1-11-8-13(18-15(11)9-16-2)10-17-12-4-6-14(19-3)7-5-12/h4-8,16H,9-10H2,1-3H3. The molecule has 0 radical (unpaired) electrons. The predicted octanol–water partition coefficient (Wildman–Crippen LogP) is 3.61. The van der Waals surface area contributed by atoms with Crippen molar-refractivity contribution >= 4 is 11.8 Å². The lowest BCUT2D eigenvalue weighted by molar-refractivity contribution is 0.265. The monoisotopic (exact) mass is 277 g/mol. The number of rotatable bonds is 6. The highest BCUT2D eigenvalue weighted by Gasteiger charge is 2.07. The maximum Gasteiger partial charge on any atom is 0.146 e. The number of benzene rings is 1. The summed E-state index contributed by atoms with van der Waals surface area (Å²) in [6.07, 6.45) is 2.06. The Labute approximate surface area is 118 Å². The van der Waals surface area contributed by atoms with E-state index in [1.807, 2.05) is 32.2 Å². The first kappa shape index (κ1) is 14.0. The van der Waals surface area contributed by atoms with Crippen LogP contribution in [0.25, 0.3) is 0 Å². The third kappa shape index (κ3) is 3.78. The number of nitrogens with one attached hydrogen (secondary N) is 1. The highest BCUT2D eigenvalue weighted by molar-refractivity contribution is 7.98. The lowest BCUT2D eigenvalue weighted by Gasteiger charge is -2.04. The van der Waals surface area contributed by atoms with Gasteiger partial charge in [0.1, 0.15) is 23.9 Å². The minimum absolute atomic E-state index is 0.461. The molecular formula is C15H19NO2S. The Kier molecular flexibility index (Phi) is 4.93. The third-order valence-electron chi connectivity index (χ3n) is 2.85. The van der Waals surface area contributed by atoms with Crippen LogP contribution in [0.4, 0.5) is 0 Å². The van der Waals surface area contributed by atoms with Gasteiger partial charge in [0, 0.05) is 4.90 Å². The summed E-state index contributed by atoms with van der Waals surface area (Å²) in [5, 5.41) is 3.09. The summed E-state index contributed by atoms with van der Waals surface area (Å²) in [6, 6.07) is 10.1. The second-order valence-electron chi connectivity index (χ2n) is 4.31.